The van der Waals surface area contributed by atoms with E-state index in [1.54, 1.807) is 10.6 Å². The number of aromatic nitrogens is 3. The fraction of sp³-hybridized carbons (Fsp3) is 0.286. The molecular formula is C21H21FN4O2S2. The maximum Gasteiger partial charge on any atom is 0.240 e. The zero-order valence-corrected chi connectivity index (χ0v) is 18.0. The number of thioether (sulfide) groups is 1. The van der Waals surface area contributed by atoms with Crippen molar-refractivity contribution in [2.75, 3.05) is 12.4 Å². The van der Waals surface area contributed by atoms with Gasteiger partial charge in [-0.2, -0.15) is 5.10 Å². The molecule has 0 saturated heterocycles. The van der Waals surface area contributed by atoms with E-state index in [9.17, 15) is 9.18 Å². The van der Waals surface area contributed by atoms with Gasteiger partial charge in [-0.3, -0.25) is 14.5 Å². The Morgan fingerprint density at radius 3 is 2.93 bits per heavy atom. The summed E-state index contributed by atoms with van der Waals surface area (Å²) >= 11 is 6.82. The molecule has 0 unspecified atom stereocenters. The second-order valence-corrected chi connectivity index (χ2v) is 8.30. The van der Waals surface area contributed by atoms with Gasteiger partial charge in [-0.25, -0.2) is 4.39 Å². The smallest absolute Gasteiger partial charge is 0.240 e. The highest BCUT2D eigenvalue weighted by molar-refractivity contribution is 7.99. The minimum absolute atomic E-state index is 0.0200. The minimum atomic E-state index is -0.244. The van der Waals surface area contributed by atoms with Gasteiger partial charge in [-0.15, -0.1) is 11.8 Å². The van der Waals surface area contributed by atoms with E-state index in [0.29, 0.717) is 22.1 Å². The first-order chi connectivity index (χ1) is 14.6. The Morgan fingerprint density at radius 2 is 2.17 bits per heavy atom. The highest BCUT2D eigenvalue weighted by Crippen LogP contribution is 2.37. The summed E-state index contributed by atoms with van der Waals surface area (Å²) in [6.07, 6.45) is 0.745. The Hall–Kier alpha value is -2.65. The second-order valence-electron chi connectivity index (χ2n) is 6.81. The zero-order chi connectivity index (χ0) is 21.1. The predicted octanol–water partition coefficient (Wildman–Crippen LogP) is 4.50. The third-order valence-corrected chi connectivity index (χ3v) is 6.32. The van der Waals surface area contributed by atoms with Gasteiger partial charge < -0.3 is 10.1 Å². The lowest BCUT2D eigenvalue weighted by Crippen LogP contribution is -2.33. The fourth-order valence-corrected chi connectivity index (χ4v) is 4.81. The summed E-state index contributed by atoms with van der Waals surface area (Å²) in [5.74, 6) is 1.64. The number of halogens is 1. The zero-order valence-electron chi connectivity index (χ0n) is 16.4. The van der Waals surface area contributed by atoms with Crippen LogP contribution < -0.4 is 10.1 Å². The number of nitrogens with zero attached hydrogens (tertiary/aromatic N) is 2. The maximum atomic E-state index is 14.1. The van der Waals surface area contributed by atoms with Crippen LogP contribution in [0.15, 0.2) is 47.4 Å². The average molecular weight is 445 g/mol. The third-order valence-electron chi connectivity index (χ3n) is 4.84. The number of ether oxygens (including phenoxy) is 1. The number of rotatable bonds is 6. The van der Waals surface area contributed by atoms with Gasteiger partial charge in [0.25, 0.3) is 0 Å². The molecule has 1 aliphatic heterocycles. The van der Waals surface area contributed by atoms with Crippen LogP contribution in [0.5, 0.6) is 5.75 Å². The molecule has 0 bridgehead atoms. The summed E-state index contributed by atoms with van der Waals surface area (Å²) in [5, 5.41) is 10.1. The van der Waals surface area contributed by atoms with Gasteiger partial charge in [-0.05, 0) is 61.5 Å². The lowest BCUT2D eigenvalue weighted by molar-refractivity contribution is -0.122. The van der Waals surface area contributed by atoms with Crippen LogP contribution in [-0.2, 0) is 11.3 Å². The minimum Gasteiger partial charge on any atom is -0.494 e. The van der Waals surface area contributed by atoms with Crippen molar-refractivity contribution in [1.29, 1.82) is 0 Å². The van der Waals surface area contributed by atoms with E-state index in [1.165, 1.54) is 17.8 Å². The summed E-state index contributed by atoms with van der Waals surface area (Å²) in [5.41, 5.74) is 1.64. The molecule has 30 heavy (non-hydrogen) atoms. The summed E-state index contributed by atoms with van der Waals surface area (Å²) in [4.78, 5) is 13.4. The average Bonchev–Trinajstić information content (AvgIpc) is 3.10. The molecule has 156 valence electrons. The number of aromatic amines is 1. The Morgan fingerprint density at radius 1 is 1.37 bits per heavy atom. The molecule has 0 fully saturated rings. The van der Waals surface area contributed by atoms with Gasteiger partial charge in [0.15, 0.2) is 10.6 Å². The van der Waals surface area contributed by atoms with Crippen molar-refractivity contribution < 1.29 is 13.9 Å². The summed E-state index contributed by atoms with van der Waals surface area (Å²) < 4.78 is 21.6. The molecule has 2 aromatic carbocycles. The van der Waals surface area contributed by atoms with Crippen molar-refractivity contribution in [2.24, 2.45) is 0 Å². The van der Waals surface area contributed by atoms with Gasteiger partial charge in [0.2, 0.25) is 5.91 Å². The number of fused-ring (bicyclic) bond motifs is 1. The largest absolute Gasteiger partial charge is 0.494 e. The first-order valence-electron chi connectivity index (χ1n) is 9.66. The molecule has 4 rings (SSSR count). The molecule has 9 heteroatoms. The van der Waals surface area contributed by atoms with Crippen LogP contribution in [0.1, 0.15) is 24.9 Å². The third kappa shape index (κ3) is 4.27. The lowest BCUT2D eigenvalue weighted by Gasteiger charge is -2.26. The lowest BCUT2D eigenvalue weighted by atomic mass is 10.0. The van der Waals surface area contributed by atoms with Crippen molar-refractivity contribution in [1.82, 2.24) is 20.1 Å². The maximum absolute atomic E-state index is 14.1. The van der Waals surface area contributed by atoms with E-state index >= 15 is 0 Å². The van der Waals surface area contributed by atoms with Gasteiger partial charge >= 0.3 is 0 Å². The van der Waals surface area contributed by atoms with Crippen LogP contribution in [0.3, 0.4) is 0 Å². The van der Waals surface area contributed by atoms with E-state index in [1.807, 2.05) is 37.3 Å². The van der Waals surface area contributed by atoms with E-state index in [0.717, 1.165) is 29.1 Å². The first-order valence-corrected chi connectivity index (χ1v) is 11.0. The van der Waals surface area contributed by atoms with Gasteiger partial charge in [-0.1, -0.05) is 12.1 Å². The van der Waals surface area contributed by atoms with Crippen LogP contribution in [-0.4, -0.2) is 33.0 Å². The molecule has 1 aliphatic rings. The van der Waals surface area contributed by atoms with Crippen LogP contribution in [0.4, 0.5) is 4.39 Å². The molecule has 6 nitrogen and oxygen atoms in total. The fourth-order valence-electron chi connectivity index (χ4n) is 3.47. The van der Waals surface area contributed by atoms with Gasteiger partial charge in [0, 0.05) is 16.2 Å². The number of H-pyrrole nitrogens is 1. The second kappa shape index (κ2) is 9.01. The topological polar surface area (TPSA) is 71.9 Å². The summed E-state index contributed by atoms with van der Waals surface area (Å²) in [6.45, 7) is 2.53. The van der Waals surface area contributed by atoms with Crippen molar-refractivity contribution in [3.05, 3.63) is 58.6 Å². The van der Waals surface area contributed by atoms with Crippen LogP contribution >= 0.6 is 24.0 Å². The van der Waals surface area contributed by atoms with Crippen LogP contribution in [0.25, 0.3) is 11.4 Å². The molecule has 1 amide bonds. The molecule has 3 aromatic rings. The van der Waals surface area contributed by atoms with E-state index in [-0.39, 0.29) is 24.3 Å². The van der Waals surface area contributed by atoms with E-state index < -0.39 is 0 Å². The molecule has 2 heterocycles. The molecular weight excluding hydrogens is 423 g/mol. The standard InChI is InChI=1S/C21H21FN4O2S2/c1-2-28-14-8-6-13(7-9-14)20-24-25-21(29)26(20)12-18(27)23-17-10-11-30-19-15(17)4-3-5-16(19)22/h3-9,17H,2,10-12H2,1H3,(H,23,27)(H,25,29)/t17-/m0/s1. The van der Waals surface area contributed by atoms with Crippen molar-refractivity contribution >= 4 is 29.9 Å². The SMILES string of the molecule is CCOc1ccc(-c2n[nH]c(=S)n2CC(=O)N[C@H]2CCSc3c(F)cccc32)cc1. The Bertz CT molecular complexity index is 1110. The predicted molar refractivity (Wildman–Crippen MR) is 117 cm³/mol. The molecule has 0 radical (unpaired) electrons. The number of nitrogens with one attached hydrogen (secondary N) is 2. The highest BCUT2D eigenvalue weighted by Gasteiger charge is 2.25. The number of amides is 1. The number of benzene rings is 2. The monoisotopic (exact) mass is 444 g/mol. The van der Waals surface area contributed by atoms with E-state index in [2.05, 4.69) is 15.5 Å². The summed E-state index contributed by atoms with van der Waals surface area (Å²) in [7, 11) is 0. The molecule has 0 saturated carbocycles. The van der Waals surface area contributed by atoms with E-state index in [4.69, 9.17) is 17.0 Å². The molecule has 1 aromatic heterocycles. The Kier molecular flexibility index (Phi) is 6.19. The summed E-state index contributed by atoms with van der Waals surface area (Å²) in [6, 6.07) is 12.2. The van der Waals surface area contributed by atoms with Crippen molar-refractivity contribution in [3.8, 4) is 17.1 Å². The molecule has 1 atom stereocenters. The Labute approximate surface area is 182 Å². The first kappa shape index (κ1) is 20.6. The van der Waals surface area contributed by atoms with Crippen LogP contribution in [0.2, 0.25) is 0 Å². The molecule has 0 aliphatic carbocycles. The van der Waals surface area contributed by atoms with Crippen molar-refractivity contribution in [2.45, 2.75) is 30.8 Å². The molecule has 0 spiro atoms. The van der Waals surface area contributed by atoms with Gasteiger partial charge in [0.05, 0.1) is 12.6 Å². The number of hydrogen-bond donors (Lipinski definition) is 2. The van der Waals surface area contributed by atoms with Crippen molar-refractivity contribution in [3.63, 3.8) is 0 Å². The normalized spacial score (nSPS) is 15.5. The Balaban J connectivity index is 1.52. The number of hydrogen-bond acceptors (Lipinski definition) is 5. The van der Waals surface area contributed by atoms with Gasteiger partial charge in [0.1, 0.15) is 18.1 Å². The van der Waals surface area contributed by atoms with Crippen LogP contribution in [0, 0.1) is 10.6 Å². The quantitative estimate of drug-likeness (QED) is 0.548. The molecule has 2 N–H and O–H groups in total. The highest BCUT2D eigenvalue weighted by atomic mass is 32.2. The number of carbonyl (C=O) groups excluding carboxylic acids is 1. The number of carbonyl (C=O) groups is 1.